The molecule has 0 radical (unpaired) electrons. The first-order valence-corrected chi connectivity index (χ1v) is 6.38. The Morgan fingerprint density at radius 1 is 1.26 bits per heavy atom. The number of halogens is 1. The van der Waals surface area contributed by atoms with E-state index in [0.717, 1.165) is 12.0 Å². The van der Waals surface area contributed by atoms with E-state index in [1.54, 1.807) is 0 Å². The monoisotopic (exact) mass is 285 g/mol. The summed E-state index contributed by atoms with van der Waals surface area (Å²) in [5.41, 5.74) is 1.28. The molecule has 0 bridgehead atoms. The molecule has 3 nitrogen and oxygen atoms in total. The number of hydrogen-bond donors (Lipinski definition) is 2. The van der Waals surface area contributed by atoms with E-state index in [4.69, 9.17) is 0 Å². The maximum Gasteiger partial charge on any atom is 0.320 e. The summed E-state index contributed by atoms with van der Waals surface area (Å²) in [4.78, 5) is 11.2. The topological polar surface area (TPSA) is 49.3 Å². The average Bonchev–Trinajstić information content (AvgIpc) is 2.28. The first kappa shape index (κ1) is 17.9. The Kier molecular flexibility index (Phi) is 7.72. The van der Waals surface area contributed by atoms with Crippen molar-refractivity contribution in [2.45, 2.75) is 46.2 Å². The maximum atomic E-state index is 11.2. The number of benzene rings is 1. The van der Waals surface area contributed by atoms with Crippen LogP contribution in [0.15, 0.2) is 30.3 Å². The van der Waals surface area contributed by atoms with E-state index in [1.807, 2.05) is 30.3 Å². The van der Waals surface area contributed by atoms with Crippen LogP contribution in [0.3, 0.4) is 0 Å². The summed E-state index contributed by atoms with van der Waals surface area (Å²) in [6.45, 7) is 6.98. The van der Waals surface area contributed by atoms with Gasteiger partial charge in [0.15, 0.2) is 0 Å². The predicted molar refractivity (Wildman–Crippen MR) is 80.6 cm³/mol. The molecule has 0 aromatic heterocycles. The van der Waals surface area contributed by atoms with Gasteiger partial charge < -0.3 is 10.4 Å². The molecule has 4 heteroatoms. The lowest BCUT2D eigenvalue weighted by atomic mass is 9.88. The van der Waals surface area contributed by atoms with Gasteiger partial charge in [-0.25, -0.2) is 0 Å². The van der Waals surface area contributed by atoms with Crippen LogP contribution in [0, 0.1) is 5.41 Å². The van der Waals surface area contributed by atoms with Crippen LogP contribution in [0.1, 0.15) is 39.2 Å². The number of nitrogens with one attached hydrogen (secondary N) is 1. The number of carbonyl (C=O) groups is 1. The first-order chi connectivity index (χ1) is 8.38. The molecule has 1 atom stereocenters. The number of carboxylic acids is 1. The SMILES string of the molecule is CC(C)(C)CC[C@H](NCc1ccccc1)C(=O)O.Cl. The van der Waals surface area contributed by atoms with E-state index in [-0.39, 0.29) is 17.8 Å². The van der Waals surface area contributed by atoms with Gasteiger partial charge in [-0.05, 0) is 23.8 Å². The van der Waals surface area contributed by atoms with E-state index >= 15 is 0 Å². The molecule has 0 aliphatic carbocycles. The second-order valence-electron chi connectivity index (χ2n) is 5.86. The lowest BCUT2D eigenvalue weighted by Crippen LogP contribution is -2.36. The molecule has 0 saturated heterocycles. The summed E-state index contributed by atoms with van der Waals surface area (Å²) in [7, 11) is 0. The fourth-order valence-electron chi connectivity index (χ4n) is 1.73. The normalized spacial score (nSPS) is 12.6. The van der Waals surface area contributed by atoms with Crippen LogP contribution in [0.4, 0.5) is 0 Å². The van der Waals surface area contributed by atoms with Crippen LogP contribution in [0.25, 0.3) is 0 Å². The Hall–Kier alpha value is -1.06. The molecule has 1 rings (SSSR count). The minimum Gasteiger partial charge on any atom is -0.480 e. The molecule has 0 aliphatic rings. The fraction of sp³-hybridized carbons (Fsp3) is 0.533. The Morgan fingerprint density at radius 3 is 2.32 bits per heavy atom. The summed E-state index contributed by atoms with van der Waals surface area (Å²) in [5.74, 6) is -0.768. The van der Waals surface area contributed by atoms with E-state index in [9.17, 15) is 9.90 Å². The van der Waals surface area contributed by atoms with Gasteiger partial charge in [0.25, 0.3) is 0 Å². The molecule has 0 spiro atoms. The minimum atomic E-state index is -0.768. The van der Waals surface area contributed by atoms with Gasteiger partial charge in [-0.15, -0.1) is 12.4 Å². The van der Waals surface area contributed by atoms with Crippen molar-refractivity contribution in [3.63, 3.8) is 0 Å². The van der Waals surface area contributed by atoms with Gasteiger partial charge in [-0.2, -0.15) is 0 Å². The highest BCUT2D eigenvalue weighted by Gasteiger charge is 2.20. The molecule has 0 amide bonds. The van der Waals surface area contributed by atoms with E-state index < -0.39 is 12.0 Å². The van der Waals surface area contributed by atoms with E-state index in [2.05, 4.69) is 26.1 Å². The molecule has 2 N–H and O–H groups in total. The Balaban J connectivity index is 0.00000324. The van der Waals surface area contributed by atoms with Crippen molar-refractivity contribution in [1.29, 1.82) is 0 Å². The third-order valence-electron chi connectivity index (χ3n) is 2.88. The zero-order chi connectivity index (χ0) is 13.6. The zero-order valence-corrected chi connectivity index (χ0v) is 12.7. The standard InChI is InChI=1S/C15H23NO2.ClH/c1-15(2,3)10-9-13(14(17)18)16-11-12-7-5-4-6-8-12;/h4-8,13,16H,9-11H2,1-3H3,(H,17,18);1H/t13-;/m0./s1. The molecule has 1 aromatic carbocycles. The van der Waals surface area contributed by atoms with E-state index in [1.165, 1.54) is 0 Å². The van der Waals surface area contributed by atoms with Crippen LogP contribution in [-0.4, -0.2) is 17.1 Å². The zero-order valence-electron chi connectivity index (χ0n) is 11.8. The summed E-state index contributed by atoms with van der Waals surface area (Å²) >= 11 is 0. The van der Waals surface area contributed by atoms with Crippen molar-refractivity contribution < 1.29 is 9.90 Å². The summed E-state index contributed by atoms with van der Waals surface area (Å²) < 4.78 is 0. The van der Waals surface area contributed by atoms with Gasteiger partial charge in [-0.1, -0.05) is 51.1 Å². The summed E-state index contributed by atoms with van der Waals surface area (Å²) in [5, 5.41) is 12.3. The second-order valence-corrected chi connectivity index (χ2v) is 5.86. The average molecular weight is 286 g/mol. The predicted octanol–water partition coefficient (Wildman–Crippen LogP) is 3.48. The summed E-state index contributed by atoms with van der Waals surface area (Å²) in [6.07, 6.45) is 1.55. The highest BCUT2D eigenvalue weighted by molar-refractivity contribution is 5.85. The second kappa shape index (κ2) is 8.18. The number of aliphatic carboxylic acids is 1. The van der Waals surface area contributed by atoms with Crippen molar-refractivity contribution in [3.05, 3.63) is 35.9 Å². The molecule has 0 unspecified atom stereocenters. The summed E-state index contributed by atoms with van der Waals surface area (Å²) in [6, 6.07) is 9.40. The number of carboxylic acid groups (broad SMARTS) is 1. The van der Waals surface area contributed by atoms with Gasteiger partial charge in [-0.3, -0.25) is 4.79 Å². The lowest BCUT2D eigenvalue weighted by Gasteiger charge is -2.21. The van der Waals surface area contributed by atoms with Crippen molar-refractivity contribution in [3.8, 4) is 0 Å². The quantitative estimate of drug-likeness (QED) is 0.841. The Bertz CT molecular complexity index is 373. The minimum absolute atomic E-state index is 0. The van der Waals surface area contributed by atoms with Crippen LogP contribution in [0.5, 0.6) is 0 Å². The fourth-order valence-corrected chi connectivity index (χ4v) is 1.73. The molecular formula is C15H24ClNO2. The molecule has 0 fully saturated rings. The van der Waals surface area contributed by atoms with Crippen LogP contribution in [-0.2, 0) is 11.3 Å². The van der Waals surface area contributed by atoms with Crippen molar-refractivity contribution in [2.75, 3.05) is 0 Å². The molecule has 0 heterocycles. The molecule has 19 heavy (non-hydrogen) atoms. The highest BCUT2D eigenvalue weighted by Crippen LogP contribution is 2.21. The third-order valence-corrected chi connectivity index (χ3v) is 2.88. The molecule has 0 saturated carbocycles. The number of rotatable bonds is 6. The Labute approximate surface area is 121 Å². The first-order valence-electron chi connectivity index (χ1n) is 6.38. The molecule has 108 valence electrons. The molecule has 0 aliphatic heterocycles. The van der Waals surface area contributed by atoms with Gasteiger partial charge in [0, 0.05) is 6.54 Å². The molecule has 1 aromatic rings. The highest BCUT2D eigenvalue weighted by atomic mass is 35.5. The van der Waals surface area contributed by atoms with Gasteiger partial charge in [0.05, 0.1) is 0 Å². The Morgan fingerprint density at radius 2 is 1.84 bits per heavy atom. The van der Waals surface area contributed by atoms with Gasteiger partial charge in [0.1, 0.15) is 6.04 Å². The maximum absolute atomic E-state index is 11.2. The van der Waals surface area contributed by atoms with Crippen LogP contribution in [0.2, 0.25) is 0 Å². The largest absolute Gasteiger partial charge is 0.480 e. The smallest absolute Gasteiger partial charge is 0.320 e. The number of hydrogen-bond acceptors (Lipinski definition) is 2. The molecular weight excluding hydrogens is 262 g/mol. The van der Waals surface area contributed by atoms with Gasteiger partial charge >= 0.3 is 5.97 Å². The van der Waals surface area contributed by atoms with E-state index in [0.29, 0.717) is 13.0 Å². The van der Waals surface area contributed by atoms with Crippen molar-refractivity contribution >= 4 is 18.4 Å². The van der Waals surface area contributed by atoms with Crippen LogP contribution < -0.4 is 5.32 Å². The lowest BCUT2D eigenvalue weighted by molar-refractivity contribution is -0.139. The third kappa shape index (κ3) is 7.85. The van der Waals surface area contributed by atoms with Crippen molar-refractivity contribution in [2.24, 2.45) is 5.41 Å². The van der Waals surface area contributed by atoms with Crippen molar-refractivity contribution in [1.82, 2.24) is 5.32 Å². The van der Waals surface area contributed by atoms with Crippen LogP contribution >= 0.6 is 12.4 Å². The van der Waals surface area contributed by atoms with Gasteiger partial charge in [0.2, 0.25) is 0 Å².